The van der Waals surface area contributed by atoms with E-state index in [2.05, 4.69) is 11.4 Å². The van der Waals surface area contributed by atoms with Gasteiger partial charge in [0.1, 0.15) is 0 Å². The van der Waals surface area contributed by atoms with Gasteiger partial charge in [0.05, 0.1) is 11.3 Å². The number of thioether (sulfide) groups is 1. The highest BCUT2D eigenvalue weighted by atomic mass is 32.2. The number of hydrogen-bond donors (Lipinski definition) is 2. The first-order valence-corrected chi connectivity index (χ1v) is 7.31. The summed E-state index contributed by atoms with van der Waals surface area (Å²) in [6.45, 7) is 0. The van der Waals surface area contributed by atoms with Crippen LogP contribution in [0.4, 0.5) is 5.69 Å². The van der Waals surface area contributed by atoms with Crippen LogP contribution in [-0.4, -0.2) is 11.7 Å². The van der Waals surface area contributed by atoms with Gasteiger partial charge in [0.15, 0.2) is 0 Å². The Morgan fingerprint density at radius 2 is 1.75 bits per heavy atom. The highest BCUT2D eigenvalue weighted by Gasteiger charge is 2.20. The lowest BCUT2D eigenvalue weighted by atomic mass is 10.0. The fraction of sp³-hybridized carbons (Fsp3) is 0.0625. The van der Waals surface area contributed by atoms with E-state index in [1.807, 2.05) is 48.5 Å². The van der Waals surface area contributed by atoms with Crippen molar-refractivity contribution in [1.82, 2.24) is 0 Å². The van der Waals surface area contributed by atoms with E-state index in [9.17, 15) is 4.79 Å². The molecule has 0 spiro atoms. The Balaban J connectivity index is 2.06. The Kier molecular flexibility index (Phi) is 3.48. The molecule has 0 aliphatic carbocycles. The van der Waals surface area contributed by atoms with Crippen LogP contribution >= 0.6 is 11.8 Å². The number of para-hydroxylation sites is 1. The monoisotopic (exact) mass is 282 g/mol. The van der Waals surface area contributed by atoms with E-state index >= 15 is 0 Å². The summed E-state index contributed by atoms with van der Waals surface area (Å²) in [6, 6.07) is 17.6. The number of primary amides is 1. The van der Waals surface area contributed by atoms with Crippen molar-refractivity contribution in [2.75, 3.05) is 11.1 Å². The van der Waals surface area contributed by atoms with E-state index in [-0.39, 0.29) is 0 Å². The second-order valence-corrected chi connectivity index (χ2v) is 5.51. The molecule has 0 radical (unpaired) electrons. The zero-order chi connectivity index (χ0) is 13.9. The quantitative estimate of drug-likeness (QED) is 0.832. The zero-order valence-corrected chi connectivity index (χ0v) is 11.6. The normalized spacial score (nSPS) is 16.0. The lowest BCUT2D eigenvalue weighted by Crippen LogP contribution is -2.20. The van der Waals surface area contributed by atoms with Crippen molar-refractivity contribution in [3.63, 3.8) is 0 Å². The number of nitrogens with two attached hydrogens (primary N) is 1. The number of carbonyl (C=O) groups excluding carboxylic acids is 1. The van der Waals surface area contributed by atoms with E-state index in [1.54, 1.807) is 11.8 Å². The van der Waals surface area contributed by atoms with Crippen molar-refractivity contribution in [2.45, 2.75) is 4.90 Å². The molecule has 0 bridgehead atoms. The average molecular weight is 282 g/mol. The Hall–Kier alpha value is -2.20. The number of nitrogens with one attached hydrogen (secondary N) is 1. The molecule has 0 atom stereocenters. The molecule has 20 heavy (non-hydrogen) atoms. The van der Waals surface area contributed by atoms with Gasteiger partial charge >= 0.3 is 0 Å². The number of carbonyl (C=O) groups is 1. The van der Waals surface area contributed by atoms with Crippen molar-refractivity contribution in [3.8, 4) is 0 Å². The maximum Gasteiger partial charge on any atom is 0.251 e. The van der Waals surface area contributed by atoms with Crippen LogP contribution in [0.1, 0.15) is 5.56 Å². The second kappa shape index (κ2) is 5.43. The van der Waals surface area contributed by atoms with Gasteiger partial charge in [-0.25, -0.2) is 0 Å². The van der Waals surface area contributed by atoms with Gasteiger partial charge < -0.3 is 11.1 Å². The molecule has 0 saturated carbocycles. The molecule has 2 aromatic rings. The third-order valence-corrected chi connectivity index (χ3v) is 4.26. The fourth-order valence-electron chi connectivity index (χ4n) is 2.25. The van der Waals surface area contributed by atoms with Gasteiger partial charge in [-0.15, -0.1) is 11.8 Å². The molecule has 2 aromatic carbocycles. The summed E-state index contributed by atoms with van der Waals surface area (Å²) in [5.41, 5.74) is 8.88. The Labute approximate surface area is 121 Å². The number of amides is 1. The first-order valence-electron chi connectivity index (χ1n) is 6.33. The summed E-state index contributed by atoms with van der Waals surface area (Å²) in [5.74, 6) is 0.308. The van der Waals surface area contributed by atoms with Gasteiger partial charge in [-0.05, 0) is 17.7 Å². The number of rotatable bonds is 2. The topological polar surface area (TPSA) is 55.1 Å². The first-order chi connectivity index (χ1) is 9.75. The van der Waals surface area contributed by atoms with Crippen molar-refractivity contribution < 1.29 is 4.79 Å². The summed E-state index contributed by atoms with van der Waals surface area (Å²) in [5, 5.41) is 3.33. The molecule has 3 N–H and O–H groups in total. The predicted octanol–water partition coefficient (Wildman–Crippen LogP) is 3.10. The molecule has 3 rings (SSSR count). The first kappa shape index (κ1) is 12.8. The molecule has 0 fully saturated rings. The Bertz CT molecular complexity index is 680. The van der Waals surface area contributed by atoms with Crippen LogP contribution in [0.15, 0.2) is 65.2 Å². The van der Waals surface area contributed by atoms with Crippen LogP contribution in [0.2, 0.25) is 0 Å². The molecular weight excluding hydrogens is 268 g/mol. The summed E-state index contributed by atoms with van der Waals surface area (Å²) in [7, 11) is 0. The fourth-order valence-corrected chi connectivity index (χ4v) is 3.21. The predicted molar refractivity (Wildman–Crippen MR) is 83.3 cm³/mol. The van der Waals surface area contributed by atoms with Gasteiger partial charge in [-0.3, -0.25) is 4.79 Å². The lowest BCUT2D eigenvalue weighted by molar-refractivity contribution is -0.112. The number of benzene rings is 2. The SMILES string of the molecule is NC(=O)/C(=C1\CSc2ccccc2N1)c1ccccc1. The Morgan fingerprint density at radius 1 is 1.05 bits per heavy atom. The van der Waals surface area contributed by atoms with Crippen LogP contribution in [0, 0.1) is 0 Å². The molecule has 0 unspecified atom stereocenters. The van der Waals surface area contributed by atoms with E-state index in [4.69, 9.17) is 5.73 Å². The van der Waals surface area contributed by atoms with Crippen LogP contribution < -0.4 is 11.1 Å². The standard InChI is InChI=1S/C16H14N2OS/c17-16(19)15(11-6-2-1-3-7-11)13-10-20-14-9-5-4-8-12(14)18-13/h1-9,18H,10H2,(H2,17,19)/b15-13+. The smallest absolute Gasteiger partial charge is 0.251 e. The molecule has 0 saturated heterocycles. The number of hydrogen-bond acceptors (Lipinski definition) is 3. The summed E-state index contributed by atoms with van der Waals surface area (Å²) < 4.78 is 0. The minimum Gasteiger partial charge on any atom is -0.366 e. The van der Waals surface area contributed by atoms with Crippen molar-refractivity contribution in [2.24, 2.45) is 5.73 Å². The maximum absolute atomic E-state index is 11.8. The third kappa shape index (κ3) is 2.42. The van der Waals surface area contributed by atoms with E-state index in [0.717, 1.165) is 16.9 Å². The van der Waals surface area contributed by atoms with Crippen molar-refractivity contribution >= 4 is 28.9 Å². The van der Waals surface area contributed by atoms with Crippen LogP contribution in [-0.2, 0) is 4.79 Å². The molecule has 100 valence electrons. The highest BCUT2D eigenvalue weighted by molar-refractivity contribution is 7.99. The summed E-state index contributed by atoms with van der Waals surface area (Å²) in [4.78, 5) is 13.0. The van der Waals surface area contributed by atoms with Gasteiger partial charge in [-0.2, -0.15) is 0 Å². The molecule has 1 amide bonds. The number of anilines is 1. The van der Waals surface area contributed by atoms with Gasteiger partial charge in [0.2, 0.25) is 0 Å². The molecule has 4 heteroatoms. The third-order valence-electron chi connectivity index (χ3n) is 3.16. The molecule has 1 aliphatic rings. The minimum absolute atomic E-state index is 0.404. The second-order valence-electron chi connectivity index (χ2n) is 4.49. The van der Waals surface area contributed by atoms with Gasteiger partial charge in [-0.1, -0.05) is 42.5 Å². The van der Waals surface area contributed by atoms with Crippen LogP contribution in [0.5, 0.6) is 0 Å². The zero-order valence-electron chi connectivity index (χ0n) is 10.8. The highest BCUT2D eigenvalue weighted by Crippen LogP contribution is 2.36. The molecule has 3 nitrogen and oxygen atoms in total. The van der Waals surface area contributed by atoms with Gasteiger partial charge in [0.25, 0.3) is 5.91 Å². The largest absolute Gasteiger partial charge is 0.366 e. The van der Waals surface area contributed by atoms with E-state index < -0.39 is 5.91 Å². The maximum atomic E-state index is 11.8. The van der Waals surface area contributed by atoms with Gasteiger partial charge in [0, 0.05) is 16.3 Å². The molecular formula is C16H14N2OS. The number of fused-ring (bicyclic) bond motifs is 1. The van der Waals surface area contributed by atoms with Crippen LogP contribution in [0.3, 0.4) is 0 Å². The van der Waals surface area contributed by atoms with E-state index in [1.165, 1.54) is 4.90 Å². The lowest BCUT2D eigenvalue weighted by Gasteiger charge is -2.22. The average Bonchev–Trinajstić information content (AvgIpc) is 2.48. The van der Waals surface area contributed by atoms with Crippen LogP contribution in [0.25, 0.3) is 5.57 Å². The minimum atomic E-state index is -0.404. The molecule has 1 heterocycles. The summed E-state index contributed by atoms with van der Waals surface area (Å²) >= 11 is 1.71. The van der Waals surface area contributed by atoms with Crippen molar-refractivity contribution in [3.05, 3.63) is 65.9 Å². The molecule has 1 aliphatic heterocycles. The molecule has 0 aromatic heterocycles. The van der Waals surface area contributed by atoms with Crippen molar-refractivity contribution in [1.29, 1.82) is 0 Å². The van der Waals surface area contributed by atoms with E-state index in [0.29, 0.717) is 11.3 Å². The summed E-state index contributed by atoms with van der Waals surface area (Å²) in [6.07, 6.45) is 0. The Morgan fingerprint density at radius 3 is 2.50 bits per heavy atom.